The molecular formula is C21H19N3O4. The van der Waals surface area contributed by atoms with Crippen LogP contribution in [-0.4, -0.2) is 33.9 Å². The molecule has 0 unspecified atom stereocenters. The van der Waals surface area contributed by atoms with Crippen LogP contribution in [0, 0.1) is 0 Å². The minimum Gasteiger partial charge on any atom is -0.480 e. The second-order valence-corrected chi connectivity index (χ2v) is 6.32. The van der Waals surface area contributed by atoms with Gasteiger partial charge in [0.05, 0.1) is 5.52 Å². The molecule has 0 radical (unpaired) electrons. The van der Waals surface area contributed by atoms with Crippen molar-refractivity contribution < 1.29 is 19.5 Å². The normalized spacial score (nSPS) is 11.6. The lowest BCUT2D eigenvalue weighted by Crippen LogP contribution is -2.42. The number of benzene rings is 2. The van der Waals surface area contributed by atoms with Crippen LogP contribution in [0.4, 0.5) is 5.69 Å². The molecule has 2 aromatic carbocycles. The number of carbonyl (C=O) groups excluding carboxylic acids is 2. The third-order valence-electron chi connectivity index (χ3n) is 4.14. The van der Waals surface area contributed by atoms with Gasteiger partial charge in [0.25, 0.3) is 5.91 Å². The zero-order chi connectivity index (χ0) is 20.1. The summed E-state index contributed by atoms with van der Waals surface area (Å²) in [5, 5.41) is 15.6. The standard InChI is InChI=1S/C21H19N3O4/c1-13(25)22-16-9-7-15(8-10-16)20(26)24-19(21(27)28)12-17-11-6-14-4-2-3-5-18(14)23-17/h2-11,19H,12H2,1H3,(H,22,25)(H,24,26)(H,27,28)/t19-/m1/s1. The van der Waals surface area contributed by atoms with Gasteiger partial charge in [-0.2, -0.15) is 0 Å². The first-order chi connectivity index (χ1) is 13.4. The summed E-state index contributed by atoms with van der Waals surface area (Å²) in [4.78, 5) is 39.5. The number of hydrogen-bond acceptors (Lipinski definition) is 4. The summed E-state index contributed by atoms with van der Waals surface area (Å²) >= 11 is 0. The van der Waals surface area contributed by atoms with E-state index in [1.807, 2.05) is 30.3 Å². The number of nitrogens with one attached hydrogen (secondary N) is 2. The van der Waals surface area contributed by atoms with Crippen LogP contribution in [0.1, 0.15) is 23.0 Å². The Morgan fingerprint density at radius 3 is 2.39 bits per heavy atom. The fourth-order valence-electron chi connectivity index (χ4n) is 2.78. The van der Waals surface area contributed by atoms with E-state index in [9.17, 15) is 19.5 Å². The summed E-state index contributed by atoms with van der Waals surface area (Å²) < 4.78 is 0. The van der Waals surface area contributed by atoms with E-state index in [0.717, 1.165) is 10.9 Å². The molecule has 0 saturated carbocycles. The van der Waals surface area contributed by atoms with Gasteiger partial charge in [-0.05, 0) is 36.4 Å². The van der Waals surface area contributed by atoms with Gasteiger partial charge < -0.3 is 15.7 Å². The zero-order valence-electron chi connectivity index (χ0n) is 15.2. The highest BCUT2D eigenvalue weighted by molar-refractivity contribution is 5.97. The van der Waals surface area contributed by atoms with E-state index in [1.165, 1.54) is 19.1 Å². The van der Waals surface area contributed by atoms with Crippen molar-refractivity contribution in [2.45, 2.75) is 19.4 Å². The van der Waals surface area contributed by atoms with E-state index < -0.39 is 17.9 Å². The number of aliphatic carboxylic acids is 1. The van der Waals surface area contributed by atoms with Gasteiger partial charge in [-0.3, -0.25) is 14.6 Å². The number of anilines is 1. The SMILES string of the molecule is CC(=O)Nc1ccc(C(=O)N[C@H](Cc2ccc3ccccc3n2)C(=O)O)cc1. The lowest BCUT2D eigenvalue weighted by Gasteiger charge is -2.15. The maximum atomic E-state index is 12.4. The second kappa shape index (κ2) is 8.30. The highest BCUT2D eigenvalue weighted by atomic mass is 16.4. The molecule has 1 heterocycles. The number of carbonyl (C=O) groups is 3. The lowest BCUT2D eigenvalue weighted by molar-refractivity contribution is -0.139. The smallest absolute Gasteiger partial charge is 0.326 e. The average Bonchev–Trinajstić information content (AvgIpc) is 2.67. The molecule has 0 saturated heterocycles. The van der Waals surface area contributed by atoms with Crippen LogP contribution < -0.4 is 10.6 Å². The van der Waals surface area contributed by atoms with Crippen LogP contribution in [0.5, 0.6) is 0 Å². The Morgan fingerprint density at radius 2 is 1.71 bits per heavy atom. The maximum Gasteiger partial charge on any atom is 0.326 e. The molecule has 0 aliphatic carbocycles. The molecule has 0 spiro atoms. The molecular weight excluding hydrogens is 358 g/mol. The van der Waals surface area contributed by atoms with Crippen LogP contribution in [0.25, 0.3) is 10.9 Å². The molecule has 0 bridgehead atoms. The first-order valence-electron chi connectivity index (χ1n) is 8.68. The Labute approximate surface area is 161 Å². The Kier molecular flexibility index (Phi) is 5.64. The van der Waals surface area contributed by atoms with E-state index in [4.69, 9.17) is 0 Å². The van der Waals surface area contributed by atoms with Gasteiger partial charge in [-0.25, -0.2) is 4.79 Å². The molecule has 1 atom stereocenters. The van der Waals surface area contributed by atoms with Crippen molar-refractivity contribution in [3.05, 3.63) is 71.9 Å². The van der Waals surface area contributed by atoms with Crippen molar-refractivity contribution in [1.82, 2.24) is 10.3 Å². The van der Waals surface area contributed by atoms with Gasteiger partial charge in [0.2, 0.25) is 5.91 Å². The molecule has 3 aromatic rings. The summed E-state index contributed by atoms with van der Waals surface area (Å²) in [5.41, 5.74) is 2.20. The van der Waals surface area contributed by atoms with E-state index >= 15 is 0 Å². The van der Waals surface area contributed by atoms with Gasteiger partial charge in [-0.1, -0.05) is 24.3 Å². The van der Waals surface area contributed by atoms with Crippen molar-refractivity contribution in [2.24, 2.45) is 0 Å². The summed E-state index contributed by atoms with van der Waals surface area (Å²) in [5.74, 6) is -1.87. The molecule has 142 valence electrons. The van der Waals surface area contributed by atoms with E-state index in [0.29, 0.717) is 16.9 Å². The van der Waals surface area contributed by atoms with Gasteiger partial charge in [0.1, 0.15) is 6.04 Å². The van der Waals surface area contributed by atoms with E-state index in [2.05, 4.69) is 15.6 Å². The predicted octanol–water partition coefficient (Wildman–Crippen LogP) is 2.62. The number of fused-ring (bicyclic) bond motifs is 1. The van der Waals surface area contributed by atoms with Crippen LogP contribution in [-0.2, 0) is 16.0 Å². The molecule has 0 aliphatic heterocycles. The van der Waals surface area contributed by atoms with Gasteiger partial charge >= 0.3 is 5.97 Å². The topological polar surface area (TPSA) is 108 Å². The van der Waals surface area contributed by atoms with Crippen molar-refractivity contribution in [2.75, 3.05) is 5.32 Å². The number of carboxylic acid groups (broad SMARTS) is 1. The Hall–Kier alpha value is -3.74. The molecule has 1 aromatic heterocycles. The molecule has 0 aliphatic rings. The van der Waals surface area contributed by atoms with Crippen LogP contribution in [0.2, 0.25) is 0 Å². The predicted molar refractivity (Wildman–Crippen MR) is 105 cm³/mol. The molecule has 28 heavy (non-hydrogen) atoms. The van der Waals surface area contributed by atoms with Crippen molar-refractivity contribution >= 4 is 34.4 Å². The number of hydrogen-bond donors (Lipinski definition) is 3. The zero-order valence-corrected chi connectivity index (χ0v) is 15.2. The lowest BCUT2D eigenvalue weighted by atomic mass is 10.1. The molecule has 0 fully saturated rings. The fourth-order valence-corrected chi connectivity index (χ4v) is 2.78. The van der Waals surface area contributed by atoms with Gasteiger partial charge in [0.15, 0.2) is 0 Å². The molecule has 3 rings (SSSR count). The number of amides is 2. The summed E-state index contributed by atoms with van der Waals surface area (Å²) in [6.07, 6.45) is 0.0654. The number of para-hydroxylation sites is 1. The average molecular weight is 377 g/mol. The first-order valence-corrected chi connectivity index (χ1v) is 8.68. The minimum absolute atomic E-state index is 0.0654. The quantitative estimate of drug-likeness (QED) is 0.612. The number of aromatic nitrogens is 1. The van der Waals surface area contributed by atoms with Crippen LogP contribution >= 0.6 is 0 Å². The maximum absolute atomic E-state index is 12.4. The highest BCUT2D eigenvalue weighted by Crippen LogP contribution is 2.14. The Balaban J connectivity index is 1.72. The fraction of sp³-hybridized carbons (Fsp3) is 0.143. The third-order valence-corrected chi connectivity index (χ3v) is 4.14. The second-order valence-electron chi connectivity index (χ2n) is 6.32. The number of nitrogens with zero attached hydrogens (tertiary/aromatic N) is 1. The van der Waals surface area contributed by atoms with Crippen molar-refractivity contribution in [3.63, 3.8) is 0 Å². The van der Waals surface area contributed by atoms with Crippen LogP contribution in [0.15, 0.2) is 60.7 Å². The molecule has 3 N–H and O–H groups in total. The summed E-state index contributed by atoms with van der Waals surface area (Å²) in [6.45, 7) is 1.39. The monoisotopic (exact) mass is 377 g/mol. The van der Waals surface area contributed by atoms with Crippen molar-refractivity contribution in [3.8, 4) is 0 Å². The molecule has 7 nitrogen and oxygen atoms in total. The number of carboxylic acids is 1. The third kappa shape index (κ3) is 4.70. The number of pyridine rings is 1. The van der Waals surface area contributed by atoms with E-state index in [-0.39, 0.29) is 12.3 Å². The minimum atomic E-state index is -1.14. The Morgan fingerprint density at radius 1 is 1.00 bits per heavy atom. The Bertz CT molecular complexity index is 1030. The summed E-state index contributed by atoms with van der Waals surface area (Å²) in [6, 6.07) is 16.3. The van der Waals surface area contributed by atoms with Gasteiger partial charge in [0, 0.05) is 35.7 Å². The highest BCUT2D eigenvalue weighted by Gasteiger charge is 2.22. The first kappa shape index (κ1) is 19.0. The van der Waals surface area contributed by atoms with E-state index in [1.54, 1.807) is 18.2 Å². The van der Waals surface area contributed by atoms with Crippen molar-refractivity contribution in [1.29, 1.82) is 0 Å². The number of rotatable bonds is 6. The molecule has 7 heteroatoms. The summed E-state index contributed by atoms with van der Waals surface area (Å²) in [7, 11) is 0. The van der Waals surface area contributed by atoms with Gasteiger partial charge in [-0.15, -0.1) is 0 Å². The van der Waals surface area contributed by atoms with Crippen LogP contribution in [0.3, 0.4) is 0 Å². The molecule has 2 amide bonds. The largest absolute Gasteiger partial charge is 0.480 e.